The number of nitrogens with two attached hydrogens (primary N) is 1. The standard InChI is InChI=1S/C9H14N4O/c10-7-1-6(2-7)9(14)12-4-8-3-11-5-13-8/h3,5-7H,1-2,4,10H2,(H,11,13)(H,12,14). The number of amides is 1. The molecule has 1 heterocycles. The minimum Gasteiger partial charge on any atom is -0.350 e. The first-order chi connectivity index (χ1) is 6.75. The van der Waals surface area contributed by atoms with Crippen molar-refractivity contribution in [2.45, 2.75) is 25.4 Å². The van der Waals surface area contributed by atoms with E-state index in [2.05, 4.69) is 15.3 Å². The Morgan fingerprint density at radius 3 is 3.07 bits per heavy atom. The summed E-state index contributed by atoms with van der Waals surface area (Å²) in [6.45, 7) is 0.518. The van der Waals surface area contributed by atoms with Gasteiger partial charge in [0.05, 0.1) is 18.6 Å². The number of carbonyl (C=O) groups excluding carboxylic acids is 1. The summed E-state index contributed by atoms with van der Waals surface area (Å²) >= 11 is 0. The van der Waals surface area contributed by atoms with Gasteiger partial charge in [-0.25, -0.2) is 4.98 Å². The van der Waals surface area contributed by atoms with Crippen LogP contribution in [0.25, 0.3) is 0 Å². The Hall–Kier alpha value is -1.36. The Balaban J connectivity index is 1.73. The lowest BCUT2D eigenvalue weighted by Gasteiger charge is -2.30. The zero-order valence-electron chi connectivity index (χ0n) is 7.86. The molecule has 0 bridgehead atoms. The van der Waals surface area contributed by atoms with Crippen molar-refractivity contribution in [2.24, 2.45) is 11.7 Å². The van der Waals surface area contributed by atoms with Crippen LogP contribution in [-0.2, 0) is 11.3 Å². The predicted octanol–water partition coefficient (Wildman–Crippen LogP) is -0.237. The van der Waals surface area contributed by atoms with Gasteiger partial charge in [-0.1, -0.05) is 0 Å². The topological polar surface area (TPSA) is 83.8 Å². The maximum Gasteiger partial charge on any atom is 0.223 e. The molecule has 5 heteroatoms. The van der Waals surface area contributed by atoms with Gasteiger partial charge < -0.3 is 16.0 Å². The Morgan fingerprint density at radius 1 is 1.71 bits per heavy atom. The molecular weight excluding hydrogens is 180 g/mol. The Labute approximate surface area is 82.1 Å². The lowest BCUT2D eigenvalue weighted by molar-refractivity contribution is -0.128. The largest absolute Gasteiger partial charge is 0.350 e. The van der Waals surface area contributed by atoms with Crippen LogP contribution in [-0.4, -0.2) is 21.9 Å². The first kappa shape index (κ1) is 9.21. The summed E-state index contributed by atoms with van der Waals surface area (Å²) in [6.07, 6.45) is 4.93. The summed E-state index contributed by atoms with van der Waals surface area (Å²) < 4.78 is 0. The van der Waals surface area contributed by atoms with E-state index in [1.807, 2.05) is 0 Å². The van der Waals surface area contributed by atoms with Crippen molar-refractivity contribution in [1.82, 2.24) is 15.3 Å². The fourth-order valence-electron chi connectivity index (χ4n) is 1.58. The second-order valence-corrected chi connectivity index (χ2v) is 3.72. The maximum absolute atomic E-state index is 11.5. The monoisotopic (exact) mass is 194 g/mol. The van der Waals surface area contributed by atoms with Crippen LogP contribution in [0.4, 0.5) is 0 Å². The molecule has 1 fully saturated rings. The third-order valence-electron chi connectivity index (χ3n) is 2.55. The molecule has 5 nitrogen and oxygen atoms in total. The van der Waals surface area contributed by atoms with Crippen molar-refractivity contribution < 1.29 is 4.79 Å². The number of aromatic amines is 1. The average molecular weight is 194 g/mol. The fraction of sp³-hybridized carbons (Fsp3) is 0.556. The third-order valence-corrected chi connectivity index (χ3v) is 2.55. The number of rotatable bonds is 3. The van der Waals surface area contributed by atoms with Crippen LogP contribution >= 0.6 is 0 Å². The molecule has 0 radical (unpaired) electrons. The zero-order chi connectivity index (χ0) is 9.97. The molecular formula is C9H14N4O. The highest BCUT2D eigenvalue weighted by atomic mass is 16.1. The number of hydrogen-bond acceptors (Lipinski definition) is 3. The molecule has 2 rings (SSSR count). The van der Waals surface area contributed by atoms with Crippen LogP contribution in [0.5, 0.6) is 0 Å². The normalized spacial score (nSPS) is 25.5. The van der Waals surface area contributed by atoms with Gasteiger partial charge in [0, 0.05) is 18.2 Å². The summed E-state index contributed by atoms with van der Waals surface area (Å²) in [4.78, 5) is 18.3. The van der Waals surface area contributed by atoms with Crippen LogP contribution in [0.3, 0.4) is 0 Å². The van der Waals surface area contributed by atoms with Crippen LogP contribution in [0, 0.1) is 5.92 Å². The van der Waals surface area contributed by atoms with Gasteiger partial charge in [-0.2, -0.15) is 0 Å². The van der Waals surface area contributed by atoms with Crippen molar-refractivity contribution in [3.63, 3.8) is 0 Å². The molecule has 14 heavy (non-hydrogen) atoms. The highest BCUT2D eigenvalue weighted by Gasteiger charge is 2.31. The van der Waals surface area contributed by atoms with E-state index in [0.717, 1.165) is 18.5 Å². The van der Waals surface area contributed by atoms with E-state index < -0.39 is 0 Å². The molecule has 0 aromatic carbocycles. The van der Waals surface area contributed by atoms with Crippen LogP contribution in [0.2, 0.25) is 0 Å². The molecule has 1 saturated carbocycles. The third kappa shape index (κ3) is 1.93. The van der Waals surface area contributed by atoms with Crippen molar-refractivity contribution in [2.75, 3.05) is 0 Å². The molecule has 1 amide bonds. The molecule has 1 aromatic rings. The van der Waals surface area contributed by atoms with Crippen LogP contribution in [0.15, 0.2) is 12.5 Å². The number of carbonyl (C=O) groups is 1. The summed E-state index contributed by atoms with van der Waals surface area (Å²) in [7, 11) is 0. The molecule has 0 spiro atoms. The number of imidazole rings is 1. The number of aromatic nitrogens is 2. The summed E-state index contributed by atoms with van der Waals surface area (Å²) in [5.74, 6) is 0.217. The van der Waals surface area contributed by atoms with Crippen molar-refractivity contribution in [3.05, 3.63) is 18.2 Å². The highest BCUT2D eigenvalue weighted by Crippen LogP contribution is 2.25. The van der Waals surface area contributed by atoms with Gasteiger partial charge in [0.2, 0.25) is 5.91 Å². The Bertz CT molecular complexity index is 303. The molecule has 0 aliphatic heterocycles. The second kappa shape index (κ2) is 3.79. The number of nitrogens with zero attached hydrogens (tertiary/aromatic N) is 1. The first-order valence-electron chi connectivity index (χ1n) is 4.76. The quantitative estimate of drug-likeness (QED) is 0.621. The molecule has 1 aliphatic rings. The molecule has 4 N–H and O–H groups in total. The fourth-order valence-corrected chi connectivity index (χ4v) is 1.58. The average Bonchev–Trinajstić information content (AvgIpc) is 2.61. The highest BCUT2D eigenvalue weighted by molar-refractivity contribution is 5.79. The molecule has 0 atom stereocenters. The minimum atomic E-state index is 0.0984. The van der Waals surface area contributed by atoms with E-state index in [-0.39, 0.29) is 17.9 Å². The zero-order valence-corrected chi connectivity index (χ0v) is 7.86. The Kier molecular flexibility index (Phi) is 2.49. The van der Waals surface area contributed by atoms with Crippen molar-refractivity contribution >= 4 is 5.91 Å². The maximum atomic E-state index is 11.5. The van der Waals surface area contributed by atoms with E-state index >= 15 is 0 Å². The SMILES string of the molecule is NC1CC(C(=O)NCc2cnc[nH]2)C1. The number of H-pyrrole nitrogens is 1. The van der Waals surface area contributed by atoms with Gasteiger partial charge in [0.25, 0.3) is 0 Å². The van der Waals surface area contributed by atoms with Crippen LogP contribution in [0.1, 0.15) is 18.5 Å². The number of nitrogens with one attached hydrogen (secondary N) is 2. The van der Waals surface area contributed by atoms with E-state index in [4.69, 9.17) is 5.73 Å². The van der Waals surface area contributed by atoms with Crippen molar-refractivity contribution in [3.8, 4) is 0 Å². The van der Waals surface area contributed by atoms with E-state index in [1.165, 1.54) is 0 Å². The van der Waals surface area contributed by atoms with Crippen molar-refractivity contribution in [1.29, 1.82) is 0 Å². The lowest BCUT2D eigenvalue weighted by Crippen LogP contribution is -2.44. The van der Waals surface area contributed by atoms with Gasteiger partial charge in [-0.05, 0) is 12.8 Å². The van der Waals surface area contributed by atoms with E-state index in [0.29, 0.717) is 6.54 Å². The first-order valence-corrected chi connectivity index (χ1v) is 4.76. The van der Waals surface area contributed by atoms with Gasteiger partial charge in [-0.3, -0.25) is 4.79 Å². The Morgan fingerprint density at radius 2 is 2.50 bits per heavy atom. The predicted molar refractivity (Wildman–Crippen MR) is 51.1 cm³/mol. The minimum absolute atomic E-state index is 0.0984. The van der Waals surface area contributed by atoms with Gasteiger partial charge in [-0.15, -0.1) is 0 Å². The van der Waals surface area contributed by atoms with Gasteiger partial charge in [0.1, 0.15) is 0 Å². The van der Waals surface area contributed by atoms with Gasteiger partial charge >= 0.3 is 0 Å². The number of hydrogen-bond donors (Lipinski definition) is 3. The molecule has 76 valence electrons. The molecule has 0 saturated heterocycles. The van der Waals surface area contributed by atoms with E-state index in [1.54, 1.807) is 12.5 Å². The van der Waals surface area contributed by atoms with E-state index in [9.17, 15) is 4.79 Å². The molecule has 1 aromatic heterocycles. The molecule has 1 aliphatic carbocycles. The summed E-state index contributed by atoms with van der Waals surface area (Å²) in [5, 5.41) is 2.84. The molecule has 0 unspecified atom stereocenters. The second-order valence-electron chi connectivity index (χ2n) is 3.72. The smallest absolute Gasteiger partial charge is 0.223 e. The van der Waals surface area contributed by atoms with Crippen LogP contribution < -0.4 is 11.1 Å². The van der Waals surface area contributed by atoms with Gasteiger partial charge in [0.15, 0.2) is 0 Å². The lowest BCUT2D eigenvalue weighted by atomic mass is 9.80. The summed E-state index contributed by atoms with van der Waals surface area (Å²) in [5.41, 5.74) is 6.52. The summed E-state index contributed by atoms with van der Waals surface area (Å²) in [6, 6.07) is 0.220.